The molecule has 0 aliphatic heterocycles. The lowest BCUT2D eigenvalue weighted by Crippen LogP contribution is -2.30. The van der Waals surface area contributed by atoms with Gasteiger partial charge in [0.2, 0.25) is 0 Å². The van der Waals surface area contributed by atoms with E-state index >= 15 is 0 Å². The Morgan fingerprint density at radius 1 is 0.269 bits per heavy atom. The van der Waals surface area contributed by atoms with E-state index in [4.69, 9.17) is 14.2 Å². The van der Waals surface area contributed by atoms with Crippen molar-refractivity contribution in [3.8, 4) is 0 Å². The number of carbonyl (C=O) groups excluding carboxylic acids is 3. The normalized spacial score (nSPS) is 12.3. The van der Waals surface area contributed by atoms with Gasteiger partial charge in [0.05, 0.1) is 0 Å². The highest BCUT2D eigenvalue weighted by Gasteiger charge is 2.19. The molecule has 0 aromatic heterocycles. The second-order valence-corrected chi connectivity index (χ2v) is 23.4. The van der Waals surface area contributed by atoms with Crippen molar-refractivity contribution in [1.29, 1.82) is 0 Å². The van der Waals surface area contributed by atoms with Crippen LogP contribution in [0.3, 0.4) is 0 Å². The molecule has 0 rings (SSSR count). The number of carbonyl (C=O) groups is 3. The number of hydrogen-bond acceptors (Lipinski definition) is 6. The zero-order chi connectivity index (χ0) is 56.4. The van der Waals surface area contributed by atoms with Crippen LogP contribution in [-0.4, -0.2) is 37.2 Å². The van der Waals surface area contributed by atoms with E-state index in [0.717, 1.165) is 89.9 Å². The molecule has 0 bridgehead atoms. The molecule has 0 saturated carbocycles. The monoisotopic (exact) mass is 1090 g/mol. The molecule has 0 spiro atoms. The van der Waals surface area contributed by atoms with E-state index in [1.165, 1.54) is 244 Å². The van der Waals surface area contributed by atoms with Gasteiger partial charge in [-0.2, -0.15) is 0 Å². The molecule has 1 atom stereocenters. The predicted molar refractivity (Wildman–Crippen MR) is 339 cm³/mol. The molecular formula is C72H132O6. The fourth-order valence-corrected chi connectivity index (χ4v) is 10.4. The molecule has 0 heterocycles. The van der Waals surface area contributed by atoms with Gasteiger partial charge in [0, 0.05) is 19.3 Å². The molecule has 0 radical (unpaired) electrons. The lowest BCUT2D eigenvalue weighted by molar-refractivity contribution is -0.167. The summed E-state index contributed by atoms with van der Waals surface area (Å²) < 4.78 is 17.0. The van der Waals surface area contributed by atoms with E-state index in [1.54, 1.807) is 0 Å². The van der Waals surface area contributed by atoms with E-state index in [0.29, 0.717) is 19.3 Å². The molecule has 78 heavy (non-hydrogen) atoms. The molecule has 0 aliphatic carbocycles. The third-order valence-corrected chi connectivity index (χ3v) is 15.6. The fourth-order valence-electron chi connectivity index (χ4n) is 10.4. The first kappa shape index (κ1) is 75.4. The maximum absolute atomic E-state index is 12.9. The van der Waals surface area contributed by atoms with Crippen LogP contribution in [0.15, 0.2) is 48.6 Å². The van der Waals surface area contributed by atoms with Gasteiger partial charge in [0.15, 0.2) is 6.10 Å². The number of rotatable bonds is 64. The maximum atomic E-state index is 12.9. The minimum Gasteiger partial charge on any atom is -0.462 e. The van der Waals surface area contributed by atoms with Crippen molar-refractivity contribution in [3.63, 3.8) is 0 Å². The molecule has 0 saturated heterocycles. The van der Waals surface area contributed by atoms with E-state index in [2.05, 4.69) is 69.4 Å². The lowest BCUT2D eigenvalue weighted by Gasteiger charge is -2.18. The van der Waals surface area contributed by atoms with Crippen LogP contribution in [0.4, 0.5) is 0 Å². The smallest absolute Gasteiger partial charge is 0.306 e. The van der Waals surface area contributed by atoms with Crippen LogP contribution in [0.2, 0.25) is 0 Å². The van der Waals surface area contributed by atoms with Crippen LogP contribution in [0.25, 0.3) is 0 Å². The van der Waals surface area contributed by atoms with Crippen LogP contribution in [0.1, 0.15) is 374 Å². The number of unbranched alkanes of at least 4 members (excludes halogenated alkanes) is 45. The van der Waals surface area contributed by atoms with Crippen molar-refractivity contribution in [2.24, 2.45) is 0 Å². The van der Waals surface area contributed by atoms with Gasteiger partial charge in [-0.25, -0.2) is 0 Å². The van der Waals surface area contributed by atoms with Gasteiger partial charge >= 0.3 is 17.9 Å². The Balaban J connectivity index is 4.31. The summed E-state index contributed by atoms with van der Waals surface area (Å²) in [5.74, 6) is -0.850. The molecule has 0 amide bonds. The first-order valence-corrected chi connectivity index (χ1v) is 34.6. The molecule has 0 aromatic rings. The molecule has 456 valence electrons. The van der Waals surface area contributed by atoms with Crippen LogP contribution < -0.4 is 0 Å². The highest BCUT2D eigenvalue weighted by molar-refractivity contribution is 5.71. The summed E-state index contributed by atoms with van der Waals surface area (Å²) in [6.07, 6.45) is 84.1. The van der Waals surface area contributed by atoms with Gasteiger partial charge in [-0.05, 0) is 57.8 Å². The summed E-state index contributed by atoms with van der Waals surface area (Å²) in [5, 5.41) is 0. The van der Waals surface area contributed by atoms with Crippen molar-refractivity contribution in [3.05, 3.63) is 48.6 Å². The fraction of sp³-hybridized carbons (Fsp3) is 0.847. The van der Waals surface area contributed by atoms with Gasteiger partial charge in [-0.15, -0.1) is 0 Å². The largest absolute Gasteiger partial charge is 0.462 e. The topological polar surface area (TPSA) is 78.9 Å². The number of hydrogen-bond donors (Lipinski definition) is 0. The van der Waals surface area contributed by atoms with E-state index in [1.807, 2.05) is 0 Å². The van der Waals surface area contributed by atoms with Crippen LogP contribution in [-0.2, 0) is 28.6 Å². The molecule has 6 nitrogen and oxygen atoms in total. The Kier molecular flexibility index (Phi) is 64.6. The number of ether oxygens (including phenoxy) is 3. The van der Waals surface area contributed by atoms with Crippen molar-refractivity contribution in [1.82, 2.24) is 0 Å². The Bertz CT molecular complexity index is 1350. The van der Waals surface area contributed by atoms with Crippen LogP contribution in [0.5, 0.6) is 0 Å². The summed E-state index contributed by atoms with van der Waals surface area (Å²) in [6.45, 7) is 6.60. The Morgan fingerprint density at radius 3 is 0.782 bits per heavy atom. The molecule has 0 N–H and O–H groups in total. The van der Waals surface area contributed by atoms with E-state index in [-0.39, 0.29) is 31.1 Å². The minimum atomic E-state index is -0.776. The van der Waals surface area contributed by atoms with Gasteiger partial charge in [-0.1, -0.05) is 345 Å². The first-order valence-electron chi connectivity index (χ1n) is 34.6. The average Bonchev–Trinajstić information content (AvgIpc) is 3.44. The molecule has 6 heteroatoms. The van der Waals surface area contributed by atoms with Gasteiger partial charge in [0.1, 0.15) is 13.2 Å². The van der Waals surface area contributed by atoms with E-state index < -0.39 is 6.10 Å². The zero-order valence-corrected chi connectivity index (χ0v) is 52.5. The molecule has 1 unspecified atom stereocenters. The van der Waals surface area contributed by atoms with Gasteiger partial charge in [0.25, 0.3) is 0 Å². The Morgan fingerprint density at radius 2 is 0.500 bits per heavy atom. The van der Waals surface area contributed by atoms with E-state index in [9.17, 15) is 14.4 Å². The van der Waals surface area contributed by atoms with Gasteiger partial charge in [-0.3, -0.25) is 14.4 Å². The standard InChI is InChI=1S/C72H132O6/c1-4-7-10-13-16-19-22-25-28-31-33-35-36-38-39-41-44-47-50-53-56-59-62-65-71(74)77-68-69(67-76-70(73)64-61-58-55-52-49-46-43-30-27-24-21-18-15-12-9-6-3)78-72(75)66-63-60-57-54-51-48-45-42-40-37-34-32-29-26-23-20-17-14-11-8-5-2/h8,11,17,20,26,29,34,37,69H,4-7,9-10,12-16,18-19,21-25,27-28,30-33,35-36,38-68H2,1-3H3/b11-8-,20-17-,29-26-,37-34-. The third-order valence-electron chi connectivity index (χ3n) is 15.6. The lowest BCUT2D eigenvalue weighted by atomic mass is 10.0. The zero-order valence-electron chi connectivity index (χ0n) is 52.5. The highest BCUT2D eigenvalue weighted by Crippen LogP contribution is 2.18. The summed E-state index contributed by atoms with van der Waals surface area (Å²) in [7, 11) is 0. The van der Waals surface area contributed by atoms with Gasteiger partial charge < -0.3 is 14.2 Å². The molecular weight excluding hydrogens is 961 g/mol. The van der Waals surface area contributed by atoms with Crippen LogP contribution in [0, 0.1) is 0 Å². The Labute approximate surface area is 486 Å². The minimum absolute atomic E-state index is 0.0709. The SMILES string of the molecule is CC/C=C\C/C=C\C/C=C\C/C=C\CCCCCCCCCCC(=O)OC(COC(=O)CCCCCCCCCCCCCCCCCC)COC(=O)CCCCCCCCCCCCCCCCCCCCCCCCC. The number of allylic oxidation sites excluding steroid dienone is 8. The molecule has 0 fully saturated rings. The van der Waals surface area contributed by atoms with Crippen LogP contribution >= 0.6 is 0 Å². The molecule has 0 aromatic carbocycles. The van der Waals surface area contributed by atoms with Crippen molar-refractivity contribution in [2.45, 2.75) is 380 Å². The molecule has 0 aliphatic rings. The maximum Gasteiger partial charge on any atom is 0.306 e. The van der Waals surface area contributed by atoms with Crippen molar-refractivity contribution in [2.75, 3.05) is 13.2 Å². The first-order chi connectivity index (χ1) is 38.5. The average molecular weight is 1090 g/mol. The predicted octanol–water partition coefficient (Wildman–Crippen LogP) is 23.7. The van der Waals surface area contributed by atoms with Crippen molar-refractivity contribution >= 4 is 17.9 Å². The third kappa shape index (κ3) is 64.2. The second-order valence-electron chi connectivity index (χ2n) is 23.4. The summed E-state index contributed by atoms with van der Waals surface area (Å²) >= 11 is 0. The quantitative estimate of drug-likeness (QED) is 0.0261. The number of esters is 3. The summed E-state index contributed by atoms with van der Waals surface area (Å²) in [5.41, 5.74) is 0. The van der Waals surface area contributed by atoms with Crippen molar-refractivity contribution < 1.29 is 28.6 Å². The second kappa shape index (κ2) is 66.9. The Hall–Kier alpha value is -2.63. The summed E-state index contributed by atoms with van der Waals surface area (Å²) in [4.78, 5) is 38.4. The summed E-state index contributed by atoms with van der Waals surface area (Å²) in [6, 6.07) is 0. The highest BCUT2D eigenvalue weighted by atomic mass is 16.6.